The van der Waals surface area contributed by atoms with Crippen molar-refractivity contribution in [2.24, 2.45) is 0 Å². The van der Waals surface area contributed by atoms with E-state index in [9.17, 15) is 0 Å². The molecule has 0 fully saturated rings. The lowest BCUT2D eigenvalue weighted by Crippen LogP contribution is -2.00. The van der Waals surface area contributed by atoms with E-state index in [0.29, 0.717) is 17.5 Å². The SMILES string of the molecule is Cc1ccccc1/C=C\c1ccc(-c2nc(-c3ccc(-c4cccc5oc6ccccc6c45)cc3)nc(-c3ccc4ccc5ccccc5c4c3)n2)cc1. The molecule has 0 saturated heterocycles. The van der Waals surface area contributed by atoms with E-state index >= 15 is 0 Å². The average Bonchev–Trinajstić information content (AvgIpc) is 3.62. The third-order valence-corrected chi connectivity index (χ3v) is 10.3. The van der Waals surface area contributed by atoms with Gasteiger partial charge in [-0.2, -0.15) is 0 Å². The van der Waals surface area contributed by atoms with Crippen molar-refractivity contribution < 1.29 is 4.42 Å². The molecule has 10 aromatic rings. The summed E-state index contributed by atoms with van der Waals surface area (Å²) in [6.07, 6.45) is 4.30. The number of rotatable bonds is 6. The minimum absolute atomic E-state index is 0.620. The standard InChI is InChI=1S/C50H33N3O/c1-32-9-2-3-10-34(32)20-17-33-18-21-38(22-19-33)48-51-49(53-50(52-48)40-30-27-37-24-23-35-11-4-5-12-41(35)44(37)31-40)39-28-25-36(26-29-39)42-14-8-16-46-47(42)43-13-6-7-15-45(43)54-46/h2-31H,1H3/b20-17-. The summed E-state index contributed by atoms with van der Waals surface area (Å²) >= 11 is 0. The summed E-state index contributed by atoms with van der Waals surface area (Å²) in [4.78, 5) is 15.3. The number of para-hydroxylation sites is 1. The maximum Gasteiger partial charge on any atom is 0.164 e. The number of aromatic nitrogens is 3. The third kappa shape index (κ3) is 5.71. The summed E-state index contributed by atoms with van der Waals surface area (Å²) in [6.45, 7) is 2.13. The average molecular weight is 692 g/mol. The first kappa shape index (κ1) is 31.6. The molecule has 4 heteroatoms. The lowest BCUT2D eigenvalue weighted by atomic mass is 9.98. The zero-order chi connectivity index (χ0) is 36.0. The van der Waals surface area contributed by atoms with E-state index in [-0.39, 0.29) is 0 Å². The number of hydrogen-bond acceptors (Lipinski definition) is 4. The molecule has 54 heavy (non-hydrogen) atoms. The Hall–Kier alpha value is -7.17. The van der Waals surface area contributed by atoms with Crippen LogP contribution in [0.5, 0.6) is 0 Å². The van der Waals surface area contributed by atoms with Crippen LogP contribution in [0.25, 0.3) is 101 Å². The fourth-order valence-corrected chi connectivity index (χ4v) is 7.42. The Morgan fingerprint density at radius 3 is 1.78 bits per heavy atom. The Labute approximate surface area is 312 Å². The topological polar surface area (TPSA) is 51.8 Å². The van der Waals surface area contributed by atoms with E-state index in [1.54, 1.807) is 0 Å². The van der Waals surface area contributed by atoms with Crippen LogP contribution in [-0.4, -0.2) is 15.0 Å². The van der Waals surface area contributed by atoms with Crippen molar-refractivity contribution in [3.05, 3.63) is 187 Å². The summed E-state index contributed by atoms with van der Waals surface area (Å²) in [6, 6.07) is 59.1. The fourth-order valence-electron chi connectivity index (χ4n) is 7.42. The van der Waals surface area contributed by atoms with Crippen molar-refractivity contribution in [3.63, 3.8) is 0 Å². The number of hydrogen-bond donors (Lipinski definition) is 0. The quantitative estimate of drug-likeness (QED) is 0.129. The Morgan fingerprint density at radius 2 is 1.00 bits per heavy atom. The molecule has 0 N–H and O–H groups in total. The molecule has 4 nitrogen and oxygen atoms in total. The van der Waals surface area contributed by atoms with Gasteiger partial charge < -0.3 is 4.42 Å². The minimum Gasteiger partial charge on any atom is -0.456 e. The monoisotopic (exact) mass is 691 g/mol. The van der Waals surface area contributed by atoms with Crippen LogP contribution in [0.2, 0.25) is 0 Å². The van der Waals surface area contributed by atoms with Gasteiger partial charge in [0.15, 0.2) is 17.5 Å². The predicted octanol–water partition coefficient (Wildman–Crippen LogP) is 13.2. The Morgan fingerprint density at radius 1 is 0.426 bits per heavy atom. The van der Waals surface area contributed by atoms with Gasteiger partial charge in [-0.25, -0.2) is 15.0 Å². The van der Waals surface area contributed by atoms with Gasteiger partial charge in [-0.15, -0.1) is 0 Å². The molecule has 0 spiro atoms. The van der Waals surface area contributed by atoms with Crippen LogP contribution in [0.15, 0.2) is 174 Å². The van der Waals surface area contributed by atoms with Crippen LogP contribution in [0, 0.1) is 6.92 Å². The summed E-state index contributed by atoms with van der Waals surface area (Å²) < 4.78 is 6.18. The van der Waals surface area contributed by atoms with Gasteiger partial charge in [0.25, 0.3) is 0 Å². The van der Waals surface area contributed by atoms with Gasteiger partial charge in [0.2, 0.25) is 0 Å². The first-order valence-corrected chi connectivity index (χ1v) is 18.2. The van der Waals surface area contributed by atoms with Gasteiger partial charge in [0.1, 0.15) is 11.2 Å². The highest BCUT2D eigenvalue weighted by Gasteiger charge is 2.16. The molecule has 0 saturated carbocycles. The van der Waals surface area contributed by atoms with Crippen LogP contribution in [0.1, 0.15) is 16.7 Å². The van der Waals surface area contributed by atoms with Crippen molar-refractivity contribution in [1.29, 1.82) is 0 Å². The molecule has 0 atom stereocenters. The molecule has 2 aromatic heterocycles. The van der Waals surface area contributed by atoms with Gasteiger partial charge in [-0.3, -0.25) is 0 Å². The predicted molar refractivity (Wildman–Crippen MR) is 224 cm³/mol. The molecule has 10 rings (SSSR count). The second-order valence-electron chi connectivity index (χ2n) is 13.7. The molecule has 0 bridgehead atoms. The van der Waals surface area contributed by atoms with E-state index in [1.165, 1.54) is 32.7 Å². The van der Waals surface area contributed by atoms with Crippen molar-refractivity contribution >= 4 is 55.6 Å². The van der Waals surface area contributed by atoms with Crippen molar-refractivity contribution in [1.82, 2.24) is 15.0 Å². The van der Waals surface area contributed by atoms with E-state index in [1.807, 2.05) is 18.2 Å². The molecule has 0 unspecified atom stereocenters. The van der Waals surface area contributed by atoms with Crippen molar-refractivity contribution in [3.8, 4) is 45.3 Å². The molecule has 2 heterocycles. The van der Waals surface area contributed by atoms with Crippen molar-refractivity contribution in [2.75, 3.05) is 0 Å². The first-order chi connectivity index (χ1) is 26.6. The Kier molecular flexibility index (Phi) is 7.66. The Bertz CT molecular complexity index is 3050. The molecule has 254 valence electrons. The van der Waals surface area contributed by atoms with Gasteiger partial charge in [0, 0.05) is 27.5 Å². The summed E-state index contributed by atoms with van der Waals surface area (Å²) in [5.74, 6) is 1.88. The molecule has 0 amide bonds. The summed E-state index contributed by atoms with van der Waals surface area (Å²) in [5, 5.41) is 6.98. The maximum atomic E-state index is 6.18. The number of furan rings is 1. The molecular weight excluding hydrogens is 659 g/mol. The summed E-state index contributed by atoms with van der Waals surface area (Å²) in [5.41, 5.74) is 10.3. The molecule has 0 aliphatic heterocycles. The smallest absolute Gasteiger partial charge is 0.164 e. The molecule has 8 aromatic carbocycles. The normalized spacial score (nSPS) is 11.7. The number of nitrogens with zero attached hydrogens (tertiary/aromatic N) is 3. The number of fused-ring (bicyclic) bond motifs is 6. The van der Waals surface area contributed by atoms with Gasteiger partial charge in [-0.05, 0) is 74.5 Å². The van der Waals surface area contributed by atoms with Crippen molar-refractivity contribution in [2.45, 2.75) is 6.92 Å². The van der Waals surface area contributed by atoms with E-state index in [0.717, 1.165) is 55.3 Å². The highest BCUT2D eigenvalue weighted by molar-refractivity contribution is 6.12. The summed E-state index contributed by atoms with van der Waals surface area (Å²) in [7, 11) is 0. The number of benzene rings is 8. The van der Waals surface area contributed by atoms with Gasteiger partial charge in [0.05, 0.1) is 0 Å². The van der Waals surface area contributed by atoms with Gasteiger partial charge in [-0.1, -0.05) is 164 Å². The molecule has 0 aliphatic rings. The molecule has 0 aliphatic carbocycles. The largest absolute Gasteiger partial charge is 0.456 e. The second kappa shape index (κ2) is 13.1. The Balaban J connectivity index is 1.07. The van der Waals surface area contributed by atoms with E-state index < -0.39 is 0 Å². The van der Waals surface area contributed by atoms with Gasteiger partial charge >= 0.3 is 0 Å². The van der Waals surface area contributed by atoms with Crippen LogP contribution in [-0.2, 0) is 0 Å². The highest BCUT2D eigenvalue weighted by atomic mass is 16.3. The fraction of sp³-hybridized carbons (Fsp3) is 0.0200. The second-order valence-corrected chi connectivity index (χ2v) is 13.7. The molecular formula is C50H33N3O. The maximum absolute atomic E-state index is 6.18. The van der Waals surface area contributed by atoms with Crippen LogP contribution in [0.3, 0.4) is 0 Å². The van der Waals surface area contributed by atoms with Crippen LogP contribution >= 0.6 is 0 Å². The number of aryl methyl sites for hydroxylation is 1. The lowest BCUT2D eigenvalue weighted by Gasteiger charge is -2.11. The van der Waals surface area contributed by atoms with Crippen LogP contribution < -0.4 is 0 Å². The highest BCUT2D eigenvalue weighted by Crippen LogP contribution is 2.37. The van der Waals surface area contributed by atoms with E-state index in [2.05, 4.69) is 171 Å². The molecule has 0 radical (unpaired) electrons. The zero-order valence-electron chi connectivity index (χ0n) is 29.6. The lowest BCUT2D eigenvalue weighted by molar-refractivity contribution is 0.669. The van der Waals surface area contributed by atoms with Crippen LogP contribution in [0.4, 0.5) is 0 Å². The minimum atomic E-state index is 0.620. The zero-order valence-corrected chi connectivity index (χ0v) is 29.6. The first-order valence-electron chi connectivity index (χ1n) is 18.2. The van der Waals surface area contributed by atoms with E-state index in [4.69, 9.17) is 19.4 Å². The third-order valence-electron chi connectivity index (χ3n) is 10.3.